The van der Waals surface area contributed by atoms with Crippen LogP contribution in [-0.2, 0) is 19.1 Å². The number of hydrogen-bond donors (Lipinski definition) is 3. The van der Waals surface area contributed by atoms with Crippen molar-refractivity contribution in [2.24, 2.45) is 0 Å². The predicted octanol–water partition coefficient (Wildman–Crippen LogP) is 1.12. The Hall–Kier alpha value is -1.70. The van der Waals surface area contributed by atoms with Crippen LogP contribution in [0.5, 0.6) is 0 Å². The smallest absolute Gasteiger partial charge is 0.333 e. The molecule has 0 radical (unpaired) electrons. The molecule has 0 saturated carbocycles. The first-order valence-corrected chi connectivity index (χ1v) is 7.74. The summed E-state index contributed by atoms with van der Waals surface area (Å²) in [5.74, 6) is -0.839. The number of ether oxygens (including phenoxy) is 2. The lowest BCUT2D eigenvalue weighted by Gasteiger charge is -2.06. The number of carbonyl (C=O) groups is 2. The lowest BCUT2D eigenvalue weighted by molar-refractivity contribution is -0.141. The highest BCUT2D eigenvalue weighted by Gasteiger charge is 2.04. The van der Waals surface area contributed by atoms with Crippen molar-refractivity contribution in [3.05, 3.63) is 24.3 Å². The van der Waals surface area contributed by atoms with E-state index in [1.165, 1.54) is 0 Å². The van der Waals surface area contributed by atoms with Crippen molar-refractivity contribution >= 4 is 11.9 Å². The topological polar surface area (TPSA) is 113 Å². The fourth-order valence-corrected chi connectivity index (χ4v) is 1.18. The van der Waals surface area contributed by atoms with Crippen LogP contribution in [0.2, 0.25) is 0 Å². The molecule has 0 aromatic heterocycles. The lowest BCUT2D eigenvalue weighted by Crippen LogP contribution is -2.15. The molecular formula is C17H30O7. The fourth-order valence-electron chi connectivity index (χ4n) is 1.18. The molecule has 0 aliphatic rings. The third-order valence-electron chi connectivity index (χ3n) is 2.53. The predicted molar refractivity (Wildman–Crippen MR) is 90.2 cm³/mol. The number of rotatable bonds is 10. The number of unbranched alkanes of at least 4 members (excludes halogenated alkanes) is 1. The van der Waals surface area contributed by atoms with E-state index in [1.807, 2.05) is 0 Å². The van der Waals surface area contributed by atoms with Crippen molar-refractivity contribution in [1.29, 1.82) is 0 Å². The minimum Gasteiger partial charge on any atom is -0.462 e. The van der Waals surface area contributed by atoms with Crippen molar-refractivity contribution < 1.29 is 34.4 Å². The highest BCUT2D eigenvalue weighted by atomic mass is 16.5. The summed E-state index contributed by atoms with van der Waals surface area (Å²) in [6, 6.07) is 0. The summed E-state index contributed by atoms with van der Waals surface area (Å²) in [7, 11) is 0. The van der Waals surface area contributed by atoms with E-state index in [-0.39, 0.29) is 19.2 Å². The highest BCUT2D eigenvalue weighted by molar-refractivity contribution is 5.87. The minimum atomic E-state index is -0.660. The van der Waals surface area contributed by atoms with Gasteiger partial charge < -0.3 is 24.8 Å². The zero-order valence-electron chi connectivity index (χ0n) is 14.8. The fraction of sp³-hybridized carbons (Fsp3) is 0.647. The van der Waals surface area contributed by atoms with Crippen LogP contribution < -0.4 is 0 Å². The van der Waals surface area contributed by atoms with Crippen molar-refractivity contribution in [2.45, 2.75) is 52.2 Å². The standard InChI is InChI=1S/C10H18O4.C7H12O3/c1-8(2)10(13)14-6-4-3-5-9(12)7-11;1-5(2)7(9)10-4-6(3)8/h9,11-12H,1,3-7H2,2H3;6,8H,1,4H2,2-3H3. The van der Waals surface area contributed by atoms with Gasteiger partial charge in [-0.3, -0.25) is 0 Å². The van der Waals surface area contributed by atoms with Gasteiger partial charge in [-0.2, -0.15) is 0 Å². The molecular weight excluding hydrogens is 316 g/mol. The van der Waals surface area contributed by atoms with E-state index >= 15 is 0 Å². The van der Waals surface area contributed by atoms with Crippen LogP contribution in [0.25, 0.3) is 0 Å². The molecule has 3 N–H and O–H groups in total. The monoisotopic (exact) mass is 346 g/mol. The van der Waals surface area contributed by atoms with Gasteiger partial charge in [0.2, 0.25) is 0 Å². The number of hydrogen-bond acceptors (Lipinski definition) is 7. The van der Waals surface area contributed by atoms with E-state index in [9.17, 15) is 9.59 Å². The molecule has 0 saturated heterocycles. The van der Waals surface area contributed by atoms with Gasteiger partial charge in [0.05, 0.1) is 25.4 Å². The van der Waals surface area contributed by atoms with Crippen molar-refractivity contribution in [1.82, 2.24) is 0 Å². The molecule has 140 valence electrons. The van der Waals surface area contributed by atoms with Gasteiger partial charge in [-0.15, -0.1) is 0 Å². The number of carbonyl (C=O) groups excluding carboxylic acids is 2. The molecule has 7 heteroatoms. The summed E-state index contributed by atoms with van der Waals surface area (Å²) in [6.45, 7) is 11.7. The number of esters is 2. The third-order valence-corrected chi connectivity index (χ3v) is 2.53. The molecule has 0 heterocycles. The molecule has 24 heavy (non-hydrogen) atoms. The average molecular weight is 346 g/mol. The van der Waals surface area contributed by atoms with Crippen molar-refractivity contribution in [2.75, 3.05) is 19.8 Å². The maximum absolute atomic E-state index is 10.9. The van der Waals surface area contributed by atoms with Gasteiger partial charge in [0.1, 0.15) is 6.61 Å². The molecule has 0 aromatic rings. The first-order valence-electron chi connectivity index (χ1n) is 7.74. The van der Waals surface area contributed by atoms with E-state index in [2.05, 4.69) is 17.9 Å². The summed E-state index contributed by atoms with van der Waals surface area (Å²) in [5, 5.41) is 26.2. The molecule has 2 unspecified atom stereocenters. The molecule has 0 aliphatic heterocycles. The molecule has 0 aliphatic carbocycles. The van der Waals surface area contributed by atoms with Crippen LogP contribution in [0.3, 0.4) is 0 Å². The second-order valence-corrected chi connectivity index (χ2v) is 5.48. The maximum atomic E-state index is 10.9. The van der Waals surface area contributed by atoms with E-state index in [0.29, 0.717) is 30.6 Å². The molecule has 2 atom stereocenters. The first-order chi connectivity index (χ1) is 11.1. The van der Waals surface area contributed by atoms with E-state index in [0.717, 1.165) is 6.42 Å². The molecule has 7 nitrogen and oxygen atoms in total. The quantitative estimate of drug-likeness (QED) is 0.308. The third kappa shape index (κ3) is 16.7. The summed E-state index contributed by atoms with van der Waals surface area (Å²) in [4.78, 5) is 21.5. The lowest BCUT2D eigenvalue weighted by atomic mass is 10.2. The zero-order chi connectivity index (χ0) is 19.1. The van der Waals surface area contributed by atoms with Gasteiger partial charge in [0, 0.05) is 11.1 Å². The van der Waals surface area contributed by atoms with Gasteiger partial charge in [-0.05, 0) is 40.0 Å². The number of aliphatic hydroxyl groups is 3. The Morgan fingerprint density at radius 1 is 1.00 bits per heavy atom. The summed E-state index contributed by atoms with van der Waals surface area (Å²) in [5.41, 5.74) is 0.737. The van der Waals surface area contributed by atoms with Gasteiger partial charge >= 0.3 is 11.9 Å². The van der Waals surface area contributed by atoms with Crippen LogP contribution >= 0.6 is 0 Å². The summed E-state index contributed by atoms with van der Waals surface area (Å²) >= 11 is 0. The molecule has 0 bridgehead atoms. The maximum Gasteiger partial charge on any atom is 0.333 e. The van der Waals surface area contributed by atoms with Gasteiger partial charge in [0.15, 0.2) is 0 Å². The summed E-state index contributed by atoms with van der Waals surface area (Å²) in [6.07, 6.45) is 0.678. The van der Waals surface area contributed by atoms with E-state index in [1.54, 1.807) is 20.8 Å². The molecule has 0 spiro atoms. The van der Waals surface area contributed by atoms with Gasteiger partial charge in [-0.1, -0.05) is 13.2 Å². The first kappa shape index (κ1) is 24.6. The molecule has 0 aromatic carbocycles. The Balaban J connectivity index is 0. The number of aliphatic hydroxyl groups excluding tert-OH is 3. The Bertz CT molecular complexity index is 402. The van der Waals surface area contributed by atoms with Crippen LogP contribution in [0.4, 0.5) is 0 Å². The second kappa shape index (κ2) is 14.9. The van der Waals surface area contributed by atoms with Gasteiger partial charge in [0.25, 0.3) is 0 Å². The SMILES string of the molecule is C=C(C)C(=O)OCC(C)O.C=C(C)C(=O)OCCCCC(O)CO. The zero-order valence-corrected chi connectivity index (χ0v) is 14.8. The Morgan fingerprint density at radius 3 is 1.92 bits per heavy atom. The normalized spacial score (nSPS) is 12.2. The molecule has 0 rings (SSSR count). The molecule has 0 amide bonds. The average Bonchev–Trinajstić information content (AvgIpc) is 2.51. The Kier molecular flexibility index (Phi) is 15.2. The van der Waals surface area contributed by atoms with Crippen LogP contribution in [0, 0.1) is 0 Å². The Labute approximate surface area is 143 Å². The minimum absolute atomic E-state index is 0.0334. The van der Waals surface area contributed by atoms with Crippen molar-refractivity contribution in [3.8, 4) is 0 Å². The largest absolute Gasteiger partial charge is 0.462 e. The van der Waals surface area contributed by atoms with Gasteiger partial charge in [-0.25, -0.2) is 9.59 Å². The van der Waals surface area contributed by atoms with E-state index in [4.69, 9.17) is 20.1 Å². The van der Waals surface area contributed by atoms with Crippen LogP contribution in [-0.4, -0.2) is 59.3 Å². The van der Waals surface area contributed by atoms with Crippen LogP contribution in [0.1, 0.15) is 40.0 Å². The second-order valence-electron chi connectivity index (χ2n) is 5.48. The Morgan fingerprint density at radius 2 is 1.50 bits per heavy atom. The molecule has 0 fully saturated rings. The van der Waals surface area contributed by atoms with E-state index < -0.39 is 18.2 Å². The van der Waals surface area contributed by atoms with Crippen LogP contribution in [0.15, 0.2) is 24.3 Å². The highest BCUT2D eigenvalue weighted by Crippen LogP contribution is 2.01. The summed E-state index contributed by atoms with van der Waals surface area (Å²) < 4.78 is 9.41. The van der Waals surface area contributed by atoms with Crippen molar-refractivity contribution in [3.63, 3.8) is 0 Å².